The van der Waals surface area contributed by atoms with E-state index in [1.54, 1.807) is 0 Å². The van der Waals surface area contributed by atoms with Crippen LogP contribution in [0.2, 0.25) is 0 Å². The molecule has 0 spiro atoms. The topological polar surface area (TPSA) is 94.1 Å². The predicted octanol–water partition coefficient (Wildman–Crippen LogP) is 5.27. The van der Waals surface area contributed by atoms with Crippen LogP contribution in [-0.2, 0) is 40.4 Å². The number of benzene rings is 4. The third kappa shape index (κ3) is 7.74. The maximum atomic E-state index is 13.3. The zero-order chi connectivity index (χ0) is 29.0. The molecule has 7 nitrogen and oxygen atoms in total. The summed E-state index contributed by atoms with van der Waals surface area (Å²) in [4.78, 5) is 25.4. The molecule has 41 heavy (non-hydrogen) atoms. The lowest BCUT2D eigenvalue weighted by Gasteiger charge is -2.23. The van der Waals surface area contributed by atoms with Gasteiger partial charge in [-0.2, -0.15) is 0 Å². The second-order valence-corrected chi connectivity index (χ2v) is 9.48. The summed E-state index contributed by atoms with van der Waals surface area (Å²) in [5, 5.41) is 12.3. The number of rotatable bonds is 13. The van der Waals surface area contributed by atoms with Gasteiger partial charge in [-0.15, -0.1) is 0 Å². The minimum absolute atomic E-state index is 0.0644. The summed E-state index contributed by atoms with van der Waals surface area (Å²) >= 11 is 0. The van der Waals surface area contributed by atoms with Crippen LogP contribution in [0.4, 0.5) is 0 Å². The first-order valence-corrected chi connectivity index (χ1v) is 13.6. The molecule has 0 bridgehead atoms. The Morgan fingerprint density at radius 1 is 0.780 bits per heavy atom. The van der Waals surface area contributed by atoms with Crippen molar-refractivity contribution >= 4 is 11.9 Å². The van der Waals surface area contributed by atoms with Gasteiger partial charge in [0, 0.05) is 11.6 Å². The molecular formula is C34H35NO6. The molecular weight excluding hydrogens is 518 g/mol. The first kappa shape index (κ1) is 29.4. The number of carbonyl (C=O) groups excluding carboxylic acids is 2. The standard InChI is InChI=1S/C34H35NO6/c1-3-27-28(19-32(37)35-29(21-36)34(38)39-2)33(26-17-11-6-12-18-26)31(41-23-25-15-9-5-10-16-25)20-30(27)40-22-24-13-7-4-8-14-24/h4-18,20,29,36H,3,19,21-23H2,1-2H3,(H,35,37). The number of methoxy groups -OCH3 is 1. The molecule has 1 amide bonds. The number of hydrogen-bond donors (Lipinski definition) is 2. The fourth-order valence-corrected chi connectivity index (χ4v) is 4.67. The number of nitrogens with one attached hydrogen (secondary N) is 1. The minimum Gasteiger partial charge on any atom is -0.488 e. The number of ether oxygens (including phenoxy) is 3. The zero-order valence-corrected chi connectivity index (χ0v) is 23.3. The van der Waals surface area contributed by atoms with Crippen LogP contribution in [0.25, 0.3) is 11.1 Å². The molecule has 0 saturated carbocycles. The van der Waals surface area contributed by atoms with Crippen LogP contribution in [0.5, 0.6) is 11.5 Å². The van der Waals surface area contributed by atoms with Gasteiger partial charge >= 0.3 is 5.97 Å². The fraction of sp³-hybridized carbons (Fsp3) is 0.235. The molecule has 0 aliphatic rings. The van der Waals surface area contributed by atoms with Crippen molar-refractivity contribution in [3.05, 3.63) is 119 Å². The van der Waals surface area contributed by atoms with E-state index in [1.165, 1.54) is 7.11 Å². The van der Waals surface area contributed by atoms with Gasteiger partial charge in [0.2, 0.25) is 5.91 Å². The monoisotopic (exact) mass is 553 g/mol. The summed E-state index contributed by atoms with van der Waals surface area (Å²) in [5.74, 6) is 0.0468. The second-order valence-electron chi connectivity index (χ2n) is 9.48. The molecule has 0 aromatic heterocycles. The number of aliphatic hydroxyl groups excluding tert-OH is 1. The largest absolute Gasteiger partial charge is 0.488 e. The van der Waals surface area contributed by atoms with Gasteiger partial charge in [-0.25, -0.2) is 4.79 Å². The first-order valence-electron chi connectivity index (χ1n) is 13.6. The highest BCUT2D eigenvalue weighted by molar-refractivity contribution is 5.89. The van der Waals surface area contributed by atoms with Gasteiger partial charge in [0.15, 0.2) is 6.04 Å². The van der Waals surface area contributed by atoms with Gasteiger partial charge in [-0.3, -0.25) is 4.79 Å². The Bertz CT molecular complexity index is 1420. The minimum atomic E-state index is -1.16. The van der Waals surface area contributed by atoms with Crippen LogP contribution in [0, 0.1) is 0 Å². The third-order valence-electron chi connectivity index (χ3n) is 6.70. The Labute approximate surface area is 240 Å². The van der Waals surface area contributed by atoms with Gasteiger partial charge in [0.25, 0.3) is 0 Å². The average molecular weight is 554 g/mol. The SMILES string of the molecule is CCc1c(OCc2ccccc2)cc(OCc2ccccc2)c(-c2ccccc2)c1CC(=O)NC(CO)C(=O)OC. The number of aliphatic hydroxyl groups is 1. The van der Waals surface area contributed by atoms with Crippen LogP contribution in [0.15, 0.2) is 97.1 Å². The summed E-state index contributed by atoms with van der Waals surface area (Å²) in [6, 6.07) is 30.2. The molecule has 0 fully saturated rings. The highest BCUT2D eigenvalue weighted by atomic mass is 16.5. The van der Waals surface area contributed by atoms with Crippen molar-refractivity contribution in [3.8, 4) is 22.6 Å². The van der Waals surface area contributed by atoms with E-state index in [1.807, 2.05) is 104 Å². The molecule has 0 saturated heterocycles. The van der Waals surface area contributed by atoms with E-state index in [9.17, 15) is 14.7 Å². The van der Waals surface area contributed by atoms with Crippen LogP contribution in [0.3, 0.4) is 0 Å². The summed E-state index contributed by atoms with van der Waals surface area (Å²) in [7, 11) is 1.21. The molecule has 0 radical (unpaired) electrons. The van der Waals surface area contributed by atoms with E-state index in [0.29, 0.717) is 31.1 Å². The molecule has 4 aromatic rings. The summed E-state index contributed by atoms with van der Waals surface area (Å²) in [5.41, 5.74) is 5.26. The van der Waals surface area contributed by atoms with Gasteiger partial charge < -0.3 is 24.6 Å². The lowest BCUT2D eigenvalue weighted by molar-refractivity contribution is -0.146. The fourth-order valence-electron chi connectivity index (χ4n) is 4.67. The molecule has 0 heterocycles. The molecule has 0 aliphatic heterocycles. The first-order chi connectivity index (χ1) is 20.0. The van der Waals surface area contributed by atoms with Gasteiger partial charge in [-0.05, 0) is 34.2 Å². The quantitative estimate of drug-likeness (QED) is 0.219. The van der Waals surface area contributed by atoms with Crippen LogP contribution < -0.4 is 14.8 Å². The number of carbonyl (C=O) groups is 2. The molecule has 1 atom stereocenters. The van der Waals surface area contributed by atoms with Crippen molar-refractivity contribution in [2.45, 2.75) is 39.0 Å². The van der Waals surface area contributed by atoms with E-state index in [0.717, 1.165) is 33.4 Å². The van der Waals surface area contributed by atoms with Crippen molar-refractivity contribution < 1.29 is 28.9 Å². The van der Waals surface area contributed by atoms with Crippen LogP contribution in [0.1, 0.15) is 29.2 Å². The van der Waals surface area contributed by atoms with Crippen molar-refractivity contribution in [1.29, 1.82) is 0 Å². The Morgan fingerprint density at radius 2 is 1.32 bits per heavy atom. The molecule has 4 aromatic carbocycles. The predicted molar refractivity (Wildman–Crippen MR) is 158 cm³/mol. The number of amides is 1. The average Bonchev–Trinajstić information content (AvgIpc) is 3.02. The zero-order valence-electron chi connectivity index (χ0n) is 23.3. The smallest absolute Gasteiger partial charge is 0.330 e. The maximum absolute atomic E-state index is 13.3. The molecule has 0 aliphatic carbocycles. The van der Waals surface area contributed by atoms with Crippen molar-refractivity contribution in [2.24, 2.45) is 0 Å². The van der Waals surface area contributed by atoms with Gasteiger partial charge in [0.1, 0.15) is 24.7 Å². The summed E-state index contributed by atoms with van der Waals surface area (Å²) < 4.78 is 17.5. The normalized spacial score (nSPS) is 11.4. The Morgan fingerprint density at radius 3 is 1.83 bits per heavy atom. The van der Waals surface area contributed by atoms with Crippen LogP contribution >= 0.6 is 0 Å². The number of hydrogen-bond acceptors (Lipinski definition) is 6. The molecule has 2 N–H and O–H groups in total. The highest BCUT2D eigenvalue weighted by Gasteiger charge is 2.25. The van der Waals surface area contributed by atoms with Crippen molar-refractivity contribution in [1.82, 2.24) is 5.32 Å². The van der Waals surface area contributed by atoms with Gasteiger partial charge in [0.05, 0.1) is 20.1 Å². The van der Waals surface area contributed by atoms with E-state index in [2.05, 4.69) is 5.32 Å². The van der Waals surface area contributed by atoms with Crippen LogP contribution in [-0.4, -0.2) is 36.7 Å². The van der Waals surface area contributed by atoms with E-state index < -0.39 is 24.5 Å². The Balaban J connectivity index is 1.80. The van der Waals surface area contributed by atoms with Gasteiger partial charge in [-0.1, -0.05) is 97.9 Å². The Kier molecular flexibility index (Phi) is 10.5. The summed E-state index contributed by atoms with van der Waals surface area (Å²) in [6.07, 6.45) is 0.525. The van der Waals surface area contributed by atoms with E-state index in [-0.39, 0.29) is 6.42 Å². The van der Waals surface area contributed by atoms with Crippen molar-refractivity contribution in [2.75, 3.05) is 13.7 Å². The lowest BCUT2D eigenvalue weighted by atomic mass is 9.90. The highest BCUT2D eigenvalue weighted by Crippen LogP contribution is 2.42. The second kappa shape index (κ2) is 14.7. The third-order valence-corrected chi connectivity index (χ3v) is 6.70. The van der Waals surface area contributed by atoms with E-state index >= 15 is 0 Å². The maximum Gasteiger partial charge on any atom is 0.330 e. The molecule has 1 unspecified atom stereocenters. The molecule has 4 rings (SSSR count). The number of esters is 1. The molecule has 212 valence electrons. The molecule has 7 heteroatoms. The summed E-state index contributed by atoms with van der Waals surface area (Å²) in [6.45, 7) is 2.11. The lowest BCUT2D eigenvalue weighted by Crippen LogP contribution is -2.44. The Hall–Kier alpha value is -4.62. The van der Waals surface area contributed by atoms with E-state index in [4.69, 9.17) is 14.2 Å². The van der Waals surface area contributed by atoms with Crippen molar-refractivity contribution in [3.63, 3.8) is 0 Å².